The highest BCUT2D eigenvalue weighted by Gasteiger charge is 2.17. The van der Waals surface area contributed by atoms with Crippen molar-refractivity contribution in [2.24, 2.45) is 0 Å². The molecule has 0 heterocycles. The minimum absolute atomic E-state index is 0.250. The molecule has 0 bridgehead atoms. The summed E-state index contributed by atoms with van der Waals surface area (Å²) in [7, 11) is 1.53. The van der Waals surface area contributed by atoms with E-state index in [2.05, 4.69) is 10.6 Å². The van der Waals surface area contributed by atoms with Crippen molar-refractivity contribution in [1.29, 1.82) is 0 Å². The third-order valence-electron chi connectivity index (χ3n) is 3.65. The van der Waals surface area contributed by atoms with Crippen molar-refractivity contribution in [3.8, 4) is 0 Å². The lowest BCUT2D eigenvalue weighted by molar-refractivity contribution is -0.146. The highest BCUT2D eigenvalue weighted by molar-refractivity contribution is 8.00. The second-order valence-electron chi connectivity index (χ2n) is 5.89. The molecular formula is C20H22N2O4S. The van der Waals surface area contributed by atoms with Gasteiger partial charge in [0.05, 0.1) is 0 Å². The average molecular weight is 386 g/mol. The zero-order chi connectivity index (χ0) is 19.8. The Bertz CT molecular complexity index is 821. The van der Waals surface area contributed by atoms with Crippen LogP contribution in [-0.2, 0) is 14.3 Å². The second kappa shape index (κ2) is 9.78. The van der Waals surface area contributed by atoms with E-state index in [-0.39, 0.29) is 12.5 Å². The fourth-order valence-electron chi connectivity index (χ4n) is 2.20. The van der Waals surface area contributed by atoms with Crippen molar-refractivity contribution in [2.75, 3.05) is 19.0 Å². The Morgan fingerprint density at radius 1 is 1.11 bits per heavy atom. The molecule has 2 aromatic rings. The van der Waals surface area contributed by atoms with E-state index in [1.165, 1.54) is 18.8 Å². The van der Waals surface area contributed by atoms with Crippen LogP contribution in [0.1, 0.15) is 22.8 Å². The van der Waals surface area contributed by atoms with Crippen molar-refractivity contribution in [1.82, 2.24) is 5.32 Å². The third kappa shape index (κ3) is 6.45. The molecule has 0 aliphatic rings. The fraction of sp³-hybridized carbons (Fsp3) is 0.250. The van der Waals surface area contributed by atoms with Gasteiger partial charge in [0.15, 0.2) is 6.61 Å². The summed E-state index contributed by atoms with van der Waals surface area (Å²) in [5.41, 5.74) is 2.03. The Morgan fingerprint density at radius 2 is 1.81 bits per heavy atom. The summed E-state index contributed by atoms with van der Waals surface area (Å²) in [6, 6.07) is 14.3. The Balaban J connectivity index is 1.83. The van der Waals surface area contributed by atoms with Crippen LogP contribution < -0.4 is 10.6 Å². The molecule has 0 aliphatic heterocycles. The van der Waals surface area contributed by atoms with Crippen LogP contribution in [0.4, 0.5) is 5.69 Å². The van der Waals surface area contributed by atoms with E-state index in [9.17, 15) is 14.4 Å². The molecule has 142 valence electrons. The molecule has 0 spiro atoms. The van der Waals surface area contributed by atoms with Crippen LogP contribution in [-0.4, -0.2) is 36.7 Å². The molecular weight excluding hydrogens is 364 g/mol. The SMILES string of the molecule is CNC(=O)c1cccc(NC(=O)COC(=O)[C@@H](C)Sc2ccc(C)cc2)c1. The Kier molecular flexibility index (Phi) is 7.43. The lowest BCUT2D eigenvalue weighted by atomic mass is 10.2. The minimum Gasteiger partial charge on any atom is -0.455 e. The number of benzene rings is 2. The van der Waals surface area contributed by atoms with E-state index in [1.807, 2.05) is 31.2 Å². The molecule has 0 saturated heterocycles. The van der Waals surface area contributed by atoms with Crippen LogP contribution in [0.2, 0.25) is 0 Å². The first-order chi connectivity index (χ1) is 12.9. The number of nitrogens with one attached hydrogen (secondary N) is 2. The van der Waals surface area contributed by atoms with Crippen molar-refractivity contribution < 1.29 is 19.1 Å². The summed E-state index contributed by atoms with van der Waals surface area (Å²) >= 11 is 1.37. The molecule has 0 aliphatic carbocycles. The summed E-state index contributed by atoms with van der Waals surface area (Å²) in [5, 5.41) is 4.69. The number of ether oxygens (including phenoxy) is 1. The number of anilines is 1. The molecule has 2 N–H and O–H groups in total. The molecule has 0 aromatic heterocycles. The second-order valence-corrected chi connectivity index (χ2v) is 7.30. The van der Waals surface area contributed by atoms with E-state index in [0.717, 1.165) is 10.5 Å². The number of aryl methyl sites for hydroxylation is 1. The largest absolute Gasteiger partial charge is 0.455 e. The standard InChI is InChI=1S/C20H22N2O4S/c1-13-7-9-17(10-8-13)27-14(2)20(25)26-12-18(23)22-16-6-4-5-15(11-16)19(24)21-3/h4-11,14H,12H2,1-3H3,(H,21,24)(H,22,23)/t14-/m1/s1. The first kappa shape index (κ1) is 20.5. The van der Waals surface area contributed by atoms with Gasteiger partial charge in [-0.05, 0) is 44.2 Å². The number of hydrogen-bond donors (Lipinski definition) is 2. The molecule has 0 fully saturated rings. The summed E-state index contributed by atoms with van der Waals surface area (Å²) in [6.07, 6.45) is 0. The number of amides is 2. The monoisotopic (exact) mass is 386 g/mol. The molecule has 2 aromatic carbocycles. The smallest absolute Gasteiger partial charge is 0.319 e. The van der Waals surface area contributed by atoms with E-state index in [1.54, 1.807) is 31.2 Å². The van der Waals surface area contributed by atoms with E-state index >= 15 is 0 Å². The third-order valence-corrected chi connectivity index (χ3v) is 4.74. The van der Waals surface area contributed by atoms with Gasteiger partial charge >= 0.3 is 5.97 Å². The first-order valence-electron chi connectivity index (χ1n) is 8.41. The molecule has 2 amide bonds. The maximum absolute atomic E-state index is 12.1. The van der Waals surface area contributed by atoms with Gasteiger partial charge in [0.1, 0.15) is 5.25 Å². The first-order valence-corrected chi connectivity index (χ1v) is 9.29. The van der Waals surface area contributed by atoms with Crippen LogP contribution in [0.15, 0.2) is 53.4 Å². The van der Waals surface area contributed by atoms with E-state index in [4.69, 9.17) is 4.74 Å². The lowest BCUT2D eigenvalue weighted by Gasteiger charge is -2.12. The summed E-state index contributed by atoms with van der Waals surface area (Å²) in [5.74, 6) is -1.18. The van der Waals surface area contributed by atoms with Gasteiger partial charge in [-0.15, -0.1) is 11.8 Å². The van der Waals surface area contributed by atoms with Gasteiger partial charge in [-0.25, -0.2) is 0 Å². The number of carbonyl (C=O) groups excluding carboxylic acids is 3. The van der Waals surface area contributed by atoms with E-state index < -0.39 is 17.1 Å². The van der Waals surface area contributed by atoms with Crippen LogP contribution >= 0.6 is 11.8 Å². The van der Waals surface area contributed by atoms with Crippen molar-refractivity contribution in [2.45, 2.75) is 24.0 Å². The molecule has 0 radical (unpaired) electrons. The Hall–Kier alpha value is -2.80. The summed E-state index contributed by atoms with van der Waals surface area (Å²) in [6.45, 7) is 3.34. The molecule has 2 rings (SSSR count). The number of hydrogen-bond acceptors (Lipinski definition) is 5. The summed E-state index contributed by atoms with van der Waals surface area (Å²) < 4.78 is 5.08. The molecule has 1 atom stereocenters. The lowest BCUT2D eigenvalue weighted by Crippen LogP contribution is -2.25. The molecule has 0 saturated carbocycles. The van der Waals surface area contributed by atoms with Gasteiger partial charge in [-0.2, -0.15) is 0 Å². The number of esters is 1. The molecule has 7 heteroatoms. The van der Waals surface area contributed by atoms with Crippen molar-refractivity contribution >= 4 is 35.2 Å². The maximum Gasteiger partial charge on any atom is 0.319 e. The topological polar surface area (TPSA) is 84.5 Å². The van der Waals surface area contributed by atoms with Crippen LogP contribution in [0.25, 0.3) is 0 Å². The van der Waals surface area contributed by atoms with Gasteiger partial charge in [-0.1, -0.05) is 23.8 Å². The van der Waals surface area contributed by atoms with E-state index in [0.29, 0.717) is 11.3 Å². The maximum atomic E-state index is 12.1. The molecule has 27 heavy (non-hydrogen) atoms. The highest BCUT2D eigenvalue weighted by atomic mass is 32.2. The van der Waals surface area contributed by atoms with Gasteiger partial charge in [0.25, 0.3) is 11.8 Å². The van der Waals surface area contributed by atoms with Gasteiger partial charge in [0, 0.05) is 23.2 Å². The number of thioether (sulfide) groups is 1. The van der Waals surface area contributed by atoms with Gasteiger partial charge in [0.2, 0.25) is 0 Å². The summed E-state index contributed by atoms with van der Waals surface area (Å²) in [4.78, 5) is 36.6. The number of carbonyl (C=O) groups is 3. The average Bonchev–Trinajstić information content (AvgIpc) is 2.67. The Labute approximate surface area is 162 Å². The quantitative estimate of drug-likeness (QED) is 0.564. The van der Waals surface area contributed by atoms with Crippen molar-refractivity contribution in [3.05, 3.63) is 59.7 Å². The Morgan fingerprint density at radius 3 is 2.48 bits per heavy atom. The van der Waals surface area contributed by atoms with Crippen molar-refractivity contribution in [3.63, 3.8) is 0 Å². The predicted molar refractivity (Wildman–Crippen MR) is 106 cm³/mol. The van der Waals surface area contributed by atoms with Crippen LogP contribution in [0, 0.1) is 6.92 Å². The fourth-order valence-corrected chi connectivity index (χ4v) is 3.07. The minimum atomic E-state index is -0.468. The zero-order valence-electron chi connectivity index (χ0n) is 15.4. The highest BCUT2D eigenvalue weighted by Crippen LogP contribution is 2.24. The van der Waals surface area contributed by atoms with Crippen LogP contribution in [0.3, 0.4) is 0 Å². The van der Waals surface area contributed by atoms with Gasteiger partial charge in [-0.3, -0.25) is 14.4 Å². The normalized spacial score (nSPS) is 11.4. The van der Waals surface area contributed by atoms with Gasteiger partial charge < -0.3 is 15.4 Å². The molecule has 6 nitrogen and oxygen atoms in total. The zero-order valence-corrected chi connectivity index (χ0v) is 16.3. The predicted octanol–water partition coefficient (Wildman–Crippen LogP) is 3.02. The number of rotatable bonds is 7. The van der Waals surface area contributed by atoms with Crippen LogP contribution in [0.5, 0.6) is 0 Å². The molecule has 0 unspecified atom stereocenters.